The number of aromatic hydroxyl groups is 1. The summed E-state index contributed by atoms with van der Waals surface area (Å²) in [7, 11) is 1.27. The molecule has 16 heteroatoms. The van der Waals surface area contributed by atoms with Gasteiger partial charge in [0, 0.05) is 51.9 Å². The van der Waals surface area contributed by atoms with Crippen LogP contribution in [0.1, 0.15) is 68.9 Å². The maximum absolute atomic E-state index is 14.1. The number of methoxy groups -OCH3 is 1. The van der Waals surface area contributed by atoms with Gasteiger partial charge in [-0.05, 0) is 73.4 Å². The number of H-pyrrole nitrogens is 1. The molecule has 1 aliphatic rings. The van der Waals surface area contributed by atoms with Gasteiger partial charge in [0.1, 0.15) is 23.1 Å². The van der Waals surface area contributed by atoms with Crippen molar-refractivity contribution in [1.82, 2.24) is 10.3 Å². The lowest BCUT2D eigenvalue weighted by molar-refractivity contribution is -0.118. The van der Waals surface area contributed by atoms with Gasteiger partial charge >= 0.3 is 12.1 Å². The lowest BCUT2D eigenvalue weighted by Gasteiger charge is -2.20. The number of aromatic amines is 1. The van der Waals surface area contributed by atoms with Gasteiger partial charge in [-0.1, -0.05) is 44.2 Å². The van der Waals surface area contributed by atoms with E-state index in [1.807, 2.05) is 13.8 Å². The first-order chi connectivity index (χ1) is 29.3. The van der Waals surface area contributed by atoms with Gasteiger partial charge in [-0.3, -0.25) is 14.4 Å². The van der Waals surface area contributed by atoms with Crippen LogP contribution in [0, 0.1) is 12.8 Å². The maximum atomic E-state index is 14.1. The number of benzene rings is 4. The molecule has 0 saturated carbocycles. The van der Waals surface area contributed by atoms with E-state index in [4.69, 9.17) is 29.9 Å². The number of furan rings is 2. The van der Waals surface area contributed by atoms with E-state index in [0.29, 0.717) is 67.7 Å². The van der Waals surface area contributed by atoms with Gasteiger partial charge in [0.15, 0.2) is 17.1 Å². The Morgan fingerprint density at radius 1 is 0.934 bits per heavy atom. The van der Waals surface area contributed by atoms with E-state index in [-0.39, 0.29) is 52.7 Å². The van der Waals surface area contributed by atoms with Crippen LogP contribution in [0.4, 0.5) is 21.9 Å². The Kier molecular flexibility index (Phi) is 10.9. The summed E-state index contributed by atoms with van der Waals surface area (Å²) in [4.78, 5) is 71.1. The molecule has 0 fully saturated rings. The normalized spacial score (nSPS) is 14.0. The number of phenolic OH excluding ortho intramolecular Hbond substituents is 1. The molecule has 0 aliphatic carbocycles. The topological polar surface area (TPSA) is 205 Å². The summed E-state index contributed by atoms with van der Waals surface area (Å²) in [6, 6.07) is 22.1. The number of aromatic nitrogens is 1. The molecule has 5 N–H and O–H groups in total. The maximum Gasteiger partial charge on any atom is 0.413 e. The molecule has 61 heavy (non-hydrogen) atoms. The quantitative estimate of drug-likeness (QED) is 0.0618. The first-order valence-corrected chi connectivity index (χ1v) is 19.9. The largest absolute Gasteiger partial charge is 0.506 e. The molecule has 1 aliphatic heterocycles. The van der Waals surface area contributed by atoms with Crippen LogP contribution in [0.3, 0.4) is 0 Å². The fraction of sp³-hybridized carbons (Fsp3) is 0.222. The van der Waals surface area contributed by atoms with Crippen molar-refractivity contribution in [3.63, 3.8) is 0 Å². The van der Waals surface area contributed by atoms with Crippen LogP contribution >= 0.6 is 11.6 Å². The number of para-hydroxylation sites is 2. The zero-order chi connectivity index (χ0) is 43.1. The summed E-state index contributed by atoms with van der Waals surface area (Å²) < 4.78 is 22.3. The minimum absolute atomic E-state index is 0.00320. The first-order valence-electron chi connectivity index (χ1n) is 19.4. The van der Waals surface area contributed by atoms with Gasteiger partial charge < -0.3 is 49.2 Å². The number of rotatable bonds is 11. The molecule has 0 radical (unpaired) electrons. The zero-order valence-corrected chi connectivity index (χ0v) is 34.1. The molecular weight excluding hydrogens is 806 g/mol. The Balaban J connectivity index is 0.992. The van der Waals surface area contributed by atoms with Gasteiger partial charge in [-0.15, -0.1) is 11.6 Å². The molecule has 0 bridgehead atoms. The second-order valence-corrected chi connectivity index (χ2v) is 15.4. The summed E-state index contributed by atoms with van der Waals surface area (Å²) in [5.41, 5.74) is 3.45. The van der Waals surface area contributed by atoms with Crippen LogP contribution in [-0.2, 0) is 9.53 Å². The van der Waals surface area contributed by atoms with Crippen molar-refractivity contribution < 1.29 is 47.4 Å². The molecule has 8 rings (SSSR count). The second-order valence-electron chi connectivity index (χ2n) is 15.1. The molecule has 2 atom stereocenters. The van der Waals surface area contributed by atoms with Crippen LogP contribution in [0.2, 0.25) is 0 Å². The fourth-order valence-corrected chi connectivity index (χ4v) is 7.98. The van der Waals surface area contributed by atoms with E-state index in [9.17, 15) is 29.1 Å². The van der Waals surface area contributed by atoms with Gasteiger partial charge in [-0.25, -0.2) is 9.59 Å². The highest BCUT2D eigenvalue weighted by molar-refractivity contribution is 6.20. The number of nitrogens with zero attached hydrogens (tertiary/aromatic N) is 1. The highest BCUT2D eigenvalue weighted by Gasteiger charge is 2.38. The van der Waals surface area contributed by atoms with Crippen molar-refractivity contribution in [3.05, 3.63) is 113 Å². The molecule has 312 valence electrons. The average Bonchev–Trinajstić information content (AvgIpc) is 4.03. The second kappa shape index (κ2) is 16.4. The third kappa shape index (κ3) is 7.82. The number of halogens is 1. The molecule has 15 nitrogen and oxygen atoms in total. The van der Waals surface area contributed by atoms with Crippen molar-refractivity contribution in [2.75, 3.05) is 35.1 Å². The van der Waals surface area contributed by atoms with E-state index in [1.54, 1.807) is 85.8 Å². The molecule has 0 saturated heterocycles. The highest BCUT2D eigenvalue weighted by atomic mass is 35.5. The van der Waals surface area contributed by atoms with Crippen molar-refractivity contribution in [1.29, 1.82) is 0 Å². The minimum Gasteiger partial charge on any atom is -0.506 e. The molecule has 4 amide bonds. The van der Waals surface area contributed by atoms with E-state index in [1.165, 1.54) is 18.1 Å². The molecule has 4 aromatic carbocycles. The van der Waals surface area contributed by atoms with Crippen LogP contribution in [0.25, 0.3) is 32.8 Å². The highest BCUT2D eigenvalue weighted by Crippen LogP contribution is 2.47. The van der Waals surface area contributed by atoms with E-state index in [0.717, 1.165) is 0 Å². The number of carbonyl (C=O) groups excluding carboxylic acids is 5. The van der Waals surface area contributed by atoms with Crippen LogP contribution < -0.4 is 25.6 Å². The third-order valence-corrected chi connectivity index (χ3v) is 10.8. The number of phenols is 1. The third-order valence-electron chi connectivity index (χ3n) is 10.5. The smallest absolute Gasteiger partial charge is 0.413 e. The number of esters is 1. The number of aryl methyl sites for hydroxylation is 1. The number of carbonyl (C=O) groups is 5. The summed E-state index contributed by atoms with van der Waals surface area (Å²) >= 11 is 6.42. The fourth-order valence-electron chi connectivity index (χ4n) is 7.73. The first kappa shape index (κ1) is 40.5. The molecular formula is C45H40ClN5O10. The predicted molar refractivity (Wildman–Crippen MR) is 229 cm³/mol. The van der Waals surface area contributed by atoms with E-state index < -0.39 is 35.8 Å². The van der Waals surface area contributed by atoms with E-state index in [2.05, 4.69) is 20.9 Å². The van der Waals surface area contributed by atoms with Crippen LogP contribution in [0.5, 0.6) is 11.5 Å². The standard InChI is InChI=1S/C45H40ClN5O10/c1-22(2)15-30(50-45(57)59-28-10-6-5-7-11-28)41(53)49-29-12-8-9-24-17-34(61-40(24)29)42(54)48-27-13-14-33-25(16-27)18-35(60-33)43(55)51-21-26(20-46)37-31(51)19-32(52)39-38(37)36(23(3)47-39)44(56)58-4/h5-14,16-19,22,26,30,47,52H,15,20-21H2,1-4H3,(H,48,54)(H,49,53)(H,50,57)/t26-,30?/m1/s1. The number of fused-ring (bicyclic) bond motifs is 5. The van der Waals surface area contributed by atoms with Crippen molar-refractivity contribution >= 4 is 91.3 Å². The molecule has 0 spiro atoms. The number of anilines is 3. The SMILES string of the molecule is COC(=O)c1c(C)[nH]c2c(O)cc3c(c12)[C@H](CCl)CN3C(=O)c1cc2cc(NC(=O)c3cc4cccc(NC(=O)C(CC(C)C)NC(=O)Oc5ccccc5)c4o3)ccc2o1. The summed E-state index contributed by atoms with van der Waals surface area (Å²) in [5.74, 6) is -2.18. The Morgan fingerprint density at radius 2 is 1.70 bits per heavy atom. The zero-order valence-electron chi connectivity index (χ0n) is 33.4. The number of nitrogens with one attached hydrogen (secondary N) is 4. The van der Waals surface area contributed by atoms with Gasteiger partial charge in [0.25, 0.3) is 11.8 Å². The Hall–Kier alpha value is -7.26. The van der Waals surface area contributed by atoms with Crippen LogP contribution in [0.15, 0.2) is 93.8 Å². The van der Waals surface area contributed by atoms with Gasteiger partial charge in [-0.2, -0.15) is 0 Å². The molecule has 3 aromatic heterocycles. The Labute approximate surface area is 352 Å². The number of hydrogen-bond acceptors (Lipinski definition) is 10. The van der Waals surface area contributed by atoms with Gasteiger partial charge in [0.05, 0.1) is 29.6 Å². The molecule has 4 heterocycles. The Morgan fingerprint density at radius 3 is 2.44 bits per heavy atom. The number of alkyl halides is 1. The molecule has 1 unspecified atom stereocenters. The molecule has 7 aromatic rings. The van der Waals surface area contributed by atoms with Gasteiger partial charge in [0.2, 0.25) is 5.91 Å². The monoisotopic (exact) mass is 845 g/mol. The van der Waals surface area contributed by atoms with Crippen molar-refractivity contribution in [2.45, 2.75) is 39.2 Å². The number of ether oxygens (including phenoxy) is 2. The van der Waals surface area contributed by atoms with E-state index >= 15 is 0 Å². The summed E-state index contributed by atoms with van der Waals surface area (Å²) in [5, 5.41) is 20.8. The lowest BCUT2D eigenvalue weighted by Crippen LogP contribution is -2.45. The summed E-state index contributed by atoms with van der Waals surface area (Å²) in [6.45, 7) is 5.72. The number of hydrogen-bond donors (Lipinski definition) is 5. The lowest BCUT2D eigenvalue weighted by atomic mass is 9.95. The van der Waals surface area contributed by atoms with Crippen LogP contribution in [-0.4, -0.2) is 65.5 Å². The average molecular weight is 846 g/mol. The minimum atomic E-state index is -0.929. The summed E-state index contributed by atoms with van der Waals surface area (Å²) in [6.07, 6.45) is -0.446. The Bertz CT molecular complexity index is 2880. The van der Waals surface area contributed by atoms with Crippen molar-refractivity contribution in [2.24, 2.45) is 5.92 Å². The van der Waals surface area contributed by atoms with Crippen molar-refractivity contribution in [3.8, 4) is 11.5 Å². The number of amides is 4. The predicted octanol–water partition coefficient (Wildman–Crippen LogP) is 8.84.